The summed E-state index contributed by atoms with van der Waals surface area (Å²) in [7, 11) is 0. The van der Waals surface area contributed by atoms with Crippen LogP contribution < -0.4 is 0 Å². The zero-order valence-corrected chi connectivity index (χ0v) is 26.9. The molecule has 6 nitrogen and oxygen atoms in total. The first-order valence-corrected chi connectivity index (χ1v) is 17.0. The topological polar surface area (TPSA) is 107 Å². The molecule has 1 aromatic carbocycles. The van der Waals surface area contributed by atoms with Crippen molar-refractivity contribution >= 4 is 17.3 Å². The van der Waals surface area contributed by atoms with Crippen LogP contribution in [0.4, 0.5) is 4.39 Å². The number of rotatable bonds is 17. The molecule has 3 aliphatic carbocycles. The predicted octanol–water partition coefficient (Wildman–Crippen LogP) is 7.74. The molecule has 3 fully saturated rings. The van der Waals surface area contributed by atoms with Crippen LogP contribution in [0.25, 0.3) is 0 Å². The molecule has 0 radical (unpaired) electrons. The van der Waals surface area contributed by atoms with Crippen molar-refractivity contribution in [3.05, 3.63) is 53.6 Å². The van der Waals surface area contributed by atoms with E-state index in [9.17, 15) is 19.1 Å². The van der Waals surface area contributed by atoms with Gasteiger partial charge >= 0.3 is 0 Å². The highest BCUT2D eigenvalue weighted by atomic mass is 19.1. The number of aryl methyl sites for hydroxylation is 1. The lowest BCUT2D eigenvalue weighted by Gasteiger charge is -2.33. The summed E-state index contributed by atoms with van der Waals surface area (Å²) >= 11 is 0. The largest absolute Gasteiger partial charge is 0.393 e. The van der Waals surface area contributed by atoms with Gasteiger partial charge in [-0.1, -0.05) is 83.2 Å². The van der Waals surface area contributed by atoms with Gasteiger partial charge in [0.2, 0.25) is 5.78 Å². The van der Waals surface area contributed by atoms with Crippen molar-refractivity contribution in [2.24, 2.45) is 29.1 Å². The number of imidazole rings is 1. The molecule has 0 aliphatic heterocycles. The molecule has 1 aromatic heterocycles. The molecule has 3 saturated carbocycles. The van der Waals surface area contributed by atoms with Crippen LogP contribution >= 0.6 is 0 Å². The monoisotopic (exact) mass is 605 g/mol. The fourth-order valence-corrected chi connectivity index (χ4v) is 7.32. The van der Waals surface area contributed by atoms with Gasteiger partial charge in [0.25, 0.3) is 0 Å². The molecule has 3 aliphatic rings. The first-order chi connectivity index (χ1) is 20.9. The van der Waals surface area contributed by atoms with Crippen molar-refractivity contribution < 1.29 is 19.1 Å². The average Bonchev–Trinajstić information content (AvgIpc) is 3.86. The van der Waals surface area contributed by atoms with Gasteiger partial charge in [-0.05, 0) is 74.2 Å². The number of alkyl halides is 1. The number of halogens is 1. The fraction of sp³-hybridized carbons (Fsp3) is 0.676. The lowest BCUT2D eigenvalue weighted by Crippen LogP contribution is -2.38. The molecule has 0 bridgehead atoms. The second-order valence-corrected chi connectivity index (χ2v) is 15.3. The van der Waals surface area contributed by atoms with Gasteiger partial charge < -0.3 is 15.5 Å². The number of aliphatic hydroxyl groups excluding tert-OH is 1. The lowest BCUT2D eigenvalue weighted by molar-refractivity contribution is -0.130. The zero-order chi connectivity index (χ0) is 31.5. The number of unbranched alkanes of at least 4 members (excludes halogenated alkanes) is 2. The first-order valence-electron chi connectivity index (χ1n) is 17.0. The molecule has 3 N–H and O–H groups in total. The molecule has 240 valence electrons. The van der Waals surface area contributed by atoms with Crippen LogP contribution in [0.1, 0.15) is 121 Å². The molecule has 2 unspecified atom stereocenters. The highest BCUT2D eigenvalue weighted by Gasteiger charge is 2.53. The molecule has 44 heavy (non-hydrogen) atoms. The predicted molar refractivity (Wildman–Crippen MR) is 172 cm³/mol. The summed E-state index contributed by atoms with van der Waals surface area (Å²) in [6.07, 6.45) is 13.3. The zero-order valence-electron chi connectivity index (χ0n) is 26.9. The number of nitrogens with zero attached hydrogens (tertiary/aromatic N) is 1. The maximum absolute atomic E-state index is 14.4. The number of hydrogen-bond acceptors (Lipinski definition) is 5. The molecule has 1 heterocycles. The Morgan fingerprint density at radius 2 is 1.84 bits per heavy atom. The van der Waals surface area contributed by atoms with Crippen molar-refractivity contribution in [2.45, 2.75) is 128 Å². The second-order valence-electron chi connectivity index (χ2n) is 15.3. The van der Waals surface area contributed by atoms with Gasteiger partial charge in [-0.15, -0.1) is 0 Å². The van der Waals surface area contributed by atoms with E-state index >= 15 is 0 Å². The van der Waals surface area contributed by atoms with Gasteiger partial charge in [-0.25, -0.2) is 9.37 Å². The molecular formula is C37H52FN3O3. The molecule has 0 spiro atoms. The standard InChI is InChI=1S/C37H52FN3O3/c1-36(2,3)31(22-32(39)34(44)37(38)16-17-37)33(43)29-20-28(42)21-30(29)35-40-23-27(41-35)19-26(18-25-14-15-25)13-9-5-8-12-24-10-6-4-7-11-24/h4,6-7,10-11,23,25-26,28-31,39,42H,5,8-9,12-22H2,1-3H3,(H,40,41)/t26?,28-,29?,30+,31+/m0/s1. The molecular weight excluding hydrogens is 553 g/mol. The van der Waals surface area contributed by atoms with Gasteiger partial charge in [-0.3, -0.25) is 9.59 Å². The fourth-order valence-electron chi connectivity index (χ4n) is 7.32. The highest BCUT2D eigenvalue weighted by molar-refractivity contribution is 6.42. The van der Waals surface area contributed by atoms with Gasteiger partial charge in [0.15, 0.2) is 5.67 Å². The van der Waals surface area contributed by atoms with Crippen molar-refractivity contribution in [1.29, 1.82) is 5.41 Å². The van der Waals surface area contributed by atoms with Gasteiger partial charge in [0.1, 0.15) is 11.6 Å². The second kappa shape index (κ2) is 13.8. The van der Waals surface area contributed by atoms with Crippen LogP contribution in [0.3, 0.4) is 0 Å². The Kier molecular flexibility index (Phi) is 10.2. The summed E-state index contributed by atoms with van der Waals surface area (Å²) in [5.41, 5.74) is -0.206. The van der Waals surface area contributed by atoms with Crippen molar-refractivity contribution in [1.82, 2.24) is 9.97 Å². The first kappa shape index (κ1) is 32.7. The van der Waals surface area contributed by atoms with Crippen molar-refractivity contribution in [3.63, 3.8) is 0 Å². The average molecular weight is 606 g/mol. The highest BCUT2D eigenvalue weighted by Crippen LogP contribution is 2.46. The SMILES string of the molecule is CC(C)(C)[C@H](CC(=N)C(=O)C1(F)CC1)C(=O)C1C[C@H](O)C[C@H]1c1ncc(CC(CCCCCc2ccccc2)CC2CC2)[nH]1. The summed E-state index contributed by atoms with van der Waals surface area (Å²) < 4.78 is 14.4. The quantitative estimate of drug-likeness (QED) is 0.127. The summed E-state index contributed by atoms with van der Waals surface area (Å²) in [4.78, 5) is 34.9. The minimum absolute atomic E-state index is 0.0552. The number of carbonyl (C=O) groups excluding carboxylic acids is 2. The maximum Gasteiger partial charge on any atom is 0.213 e. The number of carbonyl (C=O) groups is 2. The Labute approximate surface area is 262 Å². The summed E-state index contributed by atoms with van der Waals surface area (Å²) in [5.74, 6) is 0.0837. The van der Waals surface area contributed by atoms with E-state index in [4.69, 9.17) is 10.4 Å². The number of aromatic nitrogens is 2. The number of Topliss-reactive ketones (excluding diaryl/α,β-unsaturated/α-hetero) is 2. The minimum Gasteiger partial charge on any atom is -0.393 e. The minimum atomic E-state index is -1.90. The van der Waals surface area contributed by atoms with E-state index in [1.807, 2.05) is 27.0 Å². The van der Waals surface area contributed by atoms with Crippen LogP contribution in [0, 0.1) is 34.5 Å². The van der Waals surface area contributed by atoms with Crippen LogP contribution in [0.2, 0.25) is 0 Å². The Morgan fingerprint density at radius 3 is 2.50 bits per heavy atom. The van der Waals surface area contributed by atoms with Crippen LogP contribution in [0.15, 0.2) is 36.5 Å². The molecule has 5 atom stereocenters. The van der Waals surface area contributed by atoms with Crippen LogP contribution in [-0.2, 0) is 22.4 Å². The van der Waals surface area contributed by atoms with Gasteiger partial charge in [-0.2, -0.15) is 0 Å². The molecule has 2 aromatic rings. The van der Waals surface area contributed by atoms with Crippen molar-refractivity contribution in [2.75, 3.05) is 0 Å². The smallest absolute Gasteiger partial charge is 0.213 e. The number of H-pyrrole nitrogens is 1. The molecule has 0 saturated heterocycles. The number of benzene rings is 1. The number of aromatic amines is 1. The van der Waals surface area contributed by atoms with E-state index in [1.54, 1.807) is 0 Å². The summed E-state index contributed by atoms with van der Waals surface area (Å²) in [6.45, 7) is 5.80. The molecule has 0 amide bonds. The molecule has 5 rings (SSSR count). The van der Waals surface area contributed by atoms with Crippen LogP contribution in [-0.4, -0.2) is 44.1 Å². The Morgan fingerprint density at radius 1 is 1.11 bits per heavy atom. The maximum atomic E-state index is 14.4. The third-order valence-electron chi connectivity index (χ3n) is 10.4. The number of nitrogens with one attached hydrogen (secondary N) is 2. The van der Waals surface area contributed by atoms with E-state index in [-0.39, 0.29) is 36.7 Å². The third-order valence-corrected chi connectivity index (χ3v) is 10.4. The van der Waals surface area contributed by atoms with Crippen LogP contribution in [0.5, 0.6) is 0 Å². The third kappa shape index (κ3) is 8.52. The normalized spacial score (nSPS) is 24.2. The number of aliphatic hydroxyl groups is 1. The Balaban J connectivity index is 1.20. The Bertz CT molecular complexity index is 1290. The van der Waals surface area contributed by atoms with E-state index in [2.05, 4.69) is 35.3 Å². The lowest BCUT2D eigenvalue weighted by atomic mass is 9.70. The van der Waals surface area contributed by atoms with Gasteiger partial charge in [0, 0.05) is 36.1 Å². The van der Waals surface area contributed by atoms with E-state index in [0.717, 1.165) is 30.3 Å². The summed E-state index contributed by atoms with van der Waals surface area (Å²) in [5, 5.41) is 19.0. The van der Waals surface area contributed by atoms with E-state index < -0.39 is 34.8 Å². The Hall–Kier alpha value is -2.67. The molecule has 7 heteroatoms. The van der Waals surface area contributed by atoms with E-state index in [0.29, 0.717) is 18.8 Å². The van der Waals surface area contributed by atoms with Crippen molar-refractivity contribution in [3.8, 4) is 0 Å². The van der Waals surface area contributed by atoms with E-state index in [1.165, 1.54) is 50.5 Å². The number of hydrogen-bond donors (Lipinski definition) is 3. The number of ketones is 2. The van der Waals surface area contributed by atoms with Gasteiger partial charge in [0.05, 0.1) is 11.8 Å². The summed E-state index contributed by atoms with van der Waals surface area (Å²) in [6, 6.07) is 10.7.